The maximum atomic E-state index is 3.51. The van der Waals surface area contributed by atoms with Crippen LogP contribution in [0.25, 0.3) is 0 Å². The third-order valence-electron chi connectivity index (χ3n) is 2.75. The Kier molecular flexibility index (Phi) is 2.54. The third kappa shape index (κ3) is 1.74. The molecule has 2 aliphatic heterocycles. The molecule has 12 heavy (non-hydrogen) atoms. The monoisotopic (exact) mass is 166 g/mol. The summed E-state index contributed by atoms with van der Waals surface area (Å²) >= 11 is 0. The molecule has 2 fully saturated rings. The molecule has 0 unspecified atom stereocenters. The first-order valence-corrected chi connectivity index (χ1v) is 5.16. The zero-order valence-electron chi connectivity index (χ0n) is 7.66. The minimum atomic E-state index is 1.18. The Labute approximate surface area is 74.4 Å². The molecule has 0 saturated carbocycles. The number of hydrogen-bond acceptors (Lipinski definition) is 2. The number of rotatable bonds is 0. The molecule has 0 amide bonds. The summed E-state index contributed by atoms with van der Waals surface area (Å²) in [7, 11) is 0. The van der Waals surface area contributed by atoms with E-state index in [2.05, 4.69) is 10.6 Å². The Bertz CT molecular complexity index is 148. The van der Waals surface area contributed by atoms with Crippen molar-refractivity contribution in [1.82, 2.24) is 10.6 Å². The van der Waals surface area contributed by atoms with Crippen molar-refractivity contribution >= 4 is 0 Å². The van der Waals surface area contributed by atoms with Gasteiger partial charge < -0.3 is 10.6 Å². The van der Waals surface area contributed by atoms with Crippen molar-refractivity contribution in [2.45, 2.75) is 38.5 Å². The van der Waals surface area contributed by atoms with E-state index in [4.69, 9.17) is 0 Å². The van der Waals surface area contributed by atoms with E-state index in [0.29, 0.717) is 0 Å². The maximum absolute atomic E-state index is 3.51. The summed E-state index contributed by atoms with van der Waals surface area (Å²) in [6.07, 6.45) is 7.96. The molecule has 0 radical (unpaired) electrons. The Morgan fingerprint density at radius 3 is 1.50 bits per heavy atom. The van der Waals surface area contributed by atoms with Gasteiger partial charge in [-0.05, 0) is 38.5 Å². The SMILES string of the molecule is C1CC/C(=C2/CCCCN2)NC1. The second-order valence-electron chi connectivity index (χ2n) is 3.72. The molecule has 0 aromatic rings. The van der Waals surface area contributed by atoms with Crippen LogP contribution in [-0.4, -0.2) is 13.1 Å². The number of hydrogen-bond donors (Lipinski definition) is 2. The van der Waals surface area contributed by atoms with Gasteiger partial charge in [0.15, 0.2) is 0 Å². The van der Waals surface area contributed by atoms with E-state index < -0.39 is 0 Å². The van der Waals surface area contributed by atoms with Crippen LogP contribution in [0.5, 0.6) is 0 Å². The highest BCUT2D eigenvalue weighted by Crippen LogP contribution is 2.19. The smallest absolute Gasteiger partial charge is 0.0299 e. The Hall–Kier alpha value is -0.660. The van der Waals surface area contributed by atoms with Crippen LogP contribution in [-0.2, 0) is 0 Å². The van der Waals surface area contributed by atoms with Gasteiger partial charge >= 0.3 is 0 Å². The molecule has 0 aromatic heterocycles. The van der Waals surface area contributed by atoms with Gasteiger partial charge in [-0.25, -0.2) is 0 Å². The highest BCUT2D eigenvalue weighted by atomic mass is 15.0. The fourth-order valence-corrected chi connectivity index (χ4v) is 2.02. The number of piperidine rings is 2. The first kappa shape index (κ1) is 7.96. The van der Waals surface area contributed by atoms with Crippen molar-refractivity contribution in [3.8, 4) is 0 Å². The van der Waals surface area contributed by atoms with Crippen LogP contribution in [0.4, 0.5) is 0 Å². The Morgan fingerprint density at radius 2 is 1.17 bits per heavy atom. The molecule has 68 valence electrons. The first-order valence-electron chi connectivity index (χ1n) is 5.16. The molecule has 2 N–H and O–H groups in total. The van der Waals surface area contributed by atoms with E-state index in [9.17, 15) is 0 Å². The topological polar surface area (TPSA) is 24.1 Å². The van der Waals surface area contributed by atoms with Gasteiger partial charge in [0.25, 0.3) is 0 Å². The summed E-state index contributed by atoms with van der Waals surface area (Å²) in [6, 6.07) is 0. The van der Waals surface area contributed by atoms with E-state index >= 15 is 0 Å². The lowest BCUT2D eigenvalue weighted by molar-refractivity contribution is 0.528. The zero-order chi connectivity index (χ0) is 8.23. The van der Waals surface area contributed by atoms with Crippen LogP contribution in [0.2, 0.25) is 0 Å². The van der Waals surface area contributed by atoms with Crippen LogP contribution in [0.1, 0.15) is 38.5 Å². The highest BCUT2D eigenvalue weighted by Gasteiger charge is 2.12. The molecule has 2 heteroatoms. The van der Waals surface area contributed by atoms with Gasteiger partial charge in [-0.3, -0.25) is 0 Å². The average molecular weight is 166 g/mol. The molecule has 0 aromatic carbocycles. The standard InChI is InChI=1S/C10H18N2/c1-3-7-11-9(5-1)10-6-2-4-8-12-10/h11-12H,1-8H2/b10-9+. The molecule has 2 saturated heterocycles. The van der Waals surface area contributed by atoms with Gasteiger partial charge in [0, 0.05) is 24.5 Å². The van der Waals surface area contributed by atoms with Crippen molar-refractivity contribution in [1.29, 1.82) is 0 Å². The molecule has 2 heterocycles. The summed E-state index contributed by atoms with van der Waals surface area (Å²) in [4.78, 5) is 0. The third-order valence-corrected chi connectivity index (χ3v) is 2.75. The van der Waals surface area contributed by atoms with Crippen LogP contribution in [0, 0.1) is 0 Å². The zero-order valence-corrected chi connectivity index (χ0v) is 7.66. The van der Waals surface area contributed by atoms with Gasteiger partial charge in [0.05, 0.1) is 0 Å². The fourth-order valence-electron chi connectivity index (χ4n) is 2.02. The van der Waals surface area contributed by atoms with Crippen LogP contribution >= 0.6 is 0 Å². The van der Waals surface area contributed by atoms with Gasteiger partial charge in [0.2, 0.25) is 0 Å². The van der Waals surface area contributed by atoms with Crippen molar-refractivity contribution in [2.24, 2.45) is 0 Å². The van der Waals surface area contributed by atoms with E-state index in [1.54, 1.807) is 0 Å². The lowest BCUT2D eigenvalue weighted by atomic mass is 10.0. The molecular formula is C10H18N2. The molecular weight excluding hydrogens is 148 g/mol. The molecule has 0 bridgehead atoms. The highest BCUT2D eigenvalue weighted by molar-refractivity contribution is 5.13. The maximum Gasteiger partial charge on any atom is 0.0299 e. The van der Waals surface area contributed by atoms with Crippen LogP contribution in [0.15, 0.2) is 11.4 Å². The molecule has 2 aliphatic rings. The quantitative estimate of drug-likeness (QED) is 0.573. The summed E-state index contributed by atoms with van der Waals surface area (Å²) in [5, 5.41) is 7.01. The van der Waals surface area contributed by atoms with E-state index in [1.807, 2.05) is 0 Å². The van der Waals surface area contributed by atoms with Crippen LogP contribution < -0.4 is 10.6 Å². The summed E-state index contributed by atoms with van der Waals surface area (Å²) in [5.41, 5.74) is 3.00. The first-order chi connectivity index (χ1) is 5.97. The molecule has 2 nitrogen and oxygen atoms in total. The van der Waals surface area contributed by atoms with Crippen LogP contribution in [0.3, 0.4) is 0 Å². The second-order valence-corrected chi connectivity index (χ2v) is 3.72. The lowest BCUT2D eigenvalue weighted by Gasteiger charge is -2.25. The van der Waals surface area contributed by atoms with Crippen molar-refractivity contribution in [2.75, 3.05) is 13.1 Å². The molecule has 2 rings (SSSR count). The van der Waals surface area contributed by atoms with E-state index in [-0.39, 0.29) is 0 Å². The Balaban J connectivity index is 2.00. The summed E-state index contributed by atoms with van der Waals surface area (Å²) in [5.74, 6) is 0. The van der Waals surface area contributed by atoms with Gasteiger partial charge in [0.1, 0.15) is 0 Å². The molecule has 0 atom stereocenters. The van der Waals surface area contributed by atoms with Crippen molar-refractivity contribution < 1.29 is 0 Å². The second kappa shape index (κ2) is 3.83. The van der Waals surface area contributed by atoms with Gasteiger partial charge in [-0.2, -0.15) is 0 Å². The van der Waals surface area contributed by atoms with Gasteiger partial charge in [-0.1, -0.05) is 0 Å². The minimum absolute atomic E-state index is 1.18. The van der Waals surface area contributed by atoms with E-state index in [0.717, 1.165) is 0 Å². The summed E-state index contributed by atoms with van der Waals surface area (Å²) < 4.78 is 0. The normalized spacial score (nSPS) is 30.7. The van der Waals surface area contributed by atoms with Crippen molar-refractivity contribution in [3.05, 3.63) is 11.4 Å². The van der Waals surface area contributed by atoms with Crippen molar-refractivity contribution in [3.63, 3.8) is 0 Å². The predicted octanol–water partition coefficient (Wildman–Crippen LogP) is 1.74. The molecule has 0 spiro atoms. The largest absolute Gasteiger partial charge is 0.387 e. The fraction of sp³-hybridized carbons (Fsp3) is 0.800. The average Bonchev–Trinajstić information content (AvgIpc) is 2.21. The number of allylic oxidation sites excluding steroid dienone is 2. The minimum Gasteiger partial charge on any atom is -0.387 e. The summed E-state index contributed by atoms with van der Waals surface area (Å²) in [6.45, 7) is 2.36. The van der Waals surface area contributed by atoms with E-state index in [1.165, 1.54) is 63.0 Å². The number of nitrogens with one attached hydrogen (secondary N) is 2. The lowest BCUT2D eigenvalue weighted by Crippen LogP contribution is -2.29. The van der Waals surface area contributed by atoms with Gasteiger partial charge in [-0.15, -0.1) is 0 Å². The predicted molar refractivity (Wildman–Crippen MR) is 50.7 cm³/mol. The Morgan fingerprint density at radius 1 is 0.667 bits per heavy atom. The molecule has 0 aliphatic carbocycles.